The molecule has 154 valence electrons. The van der Waals surface area contributed by atoms with Crippen molar-refractivity contribution in [1.29, 1.82) is 0 Å². The molecule has 0 N–H and O–H groups in total. The highest BCUT2D eigenvalue weighted by Gasteiger charge is 2.25. The lowest BCUT2D eigenvalue weighted by Gasteiger charge is -2.32. The summed E-state index contributed by atoms with van der Waals surface area (Å²) in [5, 5.41) is 0. The molecule has 1 aliphatic rings. The summed E-state index contributed by atoms with van der Waals surface area (Å²) in [4.78, 5) is 23.7. The van der Waals surface area contributed by atoms with Gasteiger partial charge in [-0.3, -0.25) is 14.8 Å². The smallest absolute Gasteiger partial charge is 0.228 e. The molecule has 30 heavy (non-hydrogen) atoms. The minimum atomic E-state index is 0.159. The average Bonchev–Trinajstić information content (AvgIpc) is 2.80. The van der Waals surface area contributed by atoms with Gasteiger partial charge < -0.3 is 9.64 Å². The summed E-state index contributed by atoms with van der Waals surface area (Å²) in [5.74, 6) is 1.42. The molecule has 1 aromatic carbocycles. The average molecular weight is 402 g/mol. The van der Waals surface area contributed by atoms with Crippen molar-refractivity contribution >= 4 is 5.91 Å². The number of aromatic nitrogens is 2. The third-order valence-electron chi connectivity index (χ3n) is 5.67. The third kappa shape index (κ3) is 5.03. The first kappa shape index (κ1) is 20.1. The van der Waals surface area contributed by atoms with Gasteiger partial charge in [0, 0.05) is 48.7 Å². The van der Waals surface area contributed by atoms with E-state index < -0.39 is 0 Å². The fraction of sp³-hybridized carbons (Fsp3) is 0.320. The van der Waals surface area contributed by atoms with Crippen molar-refractivity contribution in [2.75, 3.05) is 20.2 Å². The van der Waals surface area contributed by atoms with Crippen molar-refractivity contribution in [3.63, 3.8) is 0 Å². The molecule has 5 heteroatoms. The second-order valence-electron chi connectivity index (χ2n) is 7.74. The van der Waals surface area contributed by atoms with Gasteiger partial charge in [0.15, 0.2) is 0 Å². The summed E-state index contributed by atoms with van der Waals surface area (Å²) in [5.41, 5.74) is 4.21. The molecule has 0 aliphatic carbocycles. The van der Waals surface area contributed by atoms with Crippen molar-refractivity contribution < 1.29 is 9.53 Å². The van der Waals surface area contributed by atoms with E-state index in [9.17, 15) is 4.79 Å². The van der Waals surface area contributed by atoms with Crippen LogP contribution in [0.5, 0.6) is 5.75 Å². The molecule has 1 amide bonds. The van der Waals surface area contributed by atoms with E-state index in [1.165, 1.54) is 5.56 Å². The minimum Gasteiger partial charge on any atom is -0.497 e. The number of carbonyl (C=O) groups excluding carboxylic acids is 1. The maximum atomic E-state index is 12.6. The van der Waals surface area contributed by atoms with E-state index in [0.717, 1.165) is 55.2 Å². The largest absolute Gasteiger partial charge is 0.497 e. The third-order valence-corrected chi connectivity index (χ3v) is 5.67. The van der Waals surface area contributed by atoms with E-state index in [2.05, 4.69) is 35.3 Å². The first-order valence-corrected chi connectivity index (χ1v) is 10.5. The Morgan fingerprint density at radius 3 is 2.60 bits per heavy atom. The maximum Gasteiger partial charge on any atom is 0.228 e. The first-order chi connectivity index (χ1) is 14.7. The van der Waals surface area contributed by atoms with Gasteiger partial charge in [-0.15, -0.1) is 0 Å². The minimum absolute atomic E-state index is 0.159. The standard InChI is InChI=1S/C25H27N3O2/c1-30-23-9-4-6-19(17-23)16-22-8-5-10-24(27-22)20-11-14-28(15-12-20)25(29)18-21-7-2-3-13-26-21/h2-10,13,17,20H,11-12,14-16,18H2,1H3. The van der Waals surface area contributed by atoms with Gasteiger partial charge in [0.25, 0.3) is 0 Å². The van der Waals surface area contributed by atoms with Crippen LogP contribution in [0.3, 0.4) is 0 Å². The second-order valence-corrected chi connectivity index (χ2v) is 7.74. The number of hydrogen-bond donors (Lipinski definition) is 0. The molecular formula is C25H27N3O2. The second kappa shape index (κ2) is 9.53. The molecular weight excluding hydrogens is 374 g/mol. The van der Waals surface area contributed by atoms with Crippen LogP contribution >= 0.6 is 0 Å². The van der Waals surface area contributed by atoms with E-state index >= 15 is 0 Å². The Morgan fingerprint density at radius 2 is 1.83 bits per heavy atom. The van der Waals surface area contributed by atoms with Crippen LogP contribution in [-0.2, 0) is 17.6 Å². The molecule has 1 saturated heterocycles. The van der Waals surface area contributed by atoms with Crippen molar-refractivity contribution in [3.8, 4) is 5.75 Å². The van der Waals surface area contributed by atoms with Gasteiger partial charge in [-0.25, -0.2) is 0 Å². The Kier molecular flexibility index (Phi) is 6.38. The molecule has 0 unspecified atom stereocenters. The number of pyridine rings is 2. The fourth-order valence-electron chi connectivity index (χ4n) is 4.01. The summed E-state index contributed by atoms with van der Waals surface area (Å²) in [6, 6.07) is 20.1. The summed E-state index contributed by atoms with van der Waals surface area (Å²) in [6.07, 6.45) is 4.79. The number of likely N-dealkylation sites (tertiary alicyclic amines) is 1. The number of hydrogen-bond acceptors (Lipinski definition) is 4. The van der Waals surface area contributed by atoms with Crippen LogP contribution in [0.1, 0.15) is 41.4 Å². The van der Waals surface area contributed by atoms with Crippen LogP contribution in [0.15, 0.2) is 66.9 Å². The molecule has 0 atom stereocenters. The van der Waals surface area contributed by atoms with E-state index in [-0.39, 0.29) is 5.91 Å². The van der Waals surface area contributed by atoms with Gasteiger partial charge >= 0.3 is 0 Å². The Morgan fingerprint density at radius 1 is 1.03 bits per heavy atom. The van der Waals surface area contributed by atoms with Crippen molar-refractivity contribution in [3.05, 3.63) is 89.5 Å². The van der Waals surface area contributed by atoms with E-state index in [4.69, 9.17) is 9.72 Å². The number of piperidine rings is 1. The lowest BCUT2D eigenvalue weighted by Crippen LogP contribution is -2.39. The zero-order valence-electron chi connectivity index (χ0n) is 17.3. The van der Waals surface area contributed by atoms with Gasteiger partial charge in [-0.1, -0.05) is 24.3 Å². The van der Waals surface area contributed by atoms with Crippen LogP contribution < -0.4 is 4.74 Å². The number of carbonyl (C=O) groups is 1. The molecule has 0 bridgehead atoms. The SMILES string of the molecule is COc1cccc(Cc2cccc(C3CCN(C(=O)Cc4ccccn4)CC3)n2)c1. The molecule has 3 aromatic rings. The summed E-state index contributed by atoms with van der Waals surface area (Å²) in [6.45, 7) is 1.55. The van der Waals surface area contributed by atoms with Gasteiger partial charge in [-0.2, -0.15) is 0 Å². The highest BCUT2D eigenvalue weighted by atomic mass is 16.5. The van der Waals surface area contributed by atoms with E-state index in [0.29, 0.717) is 12.3 Å². The molecule has 2 aromatic heterocycles. The summed E-state index contributed by atoms with van der Waals surface area (Å²) in [7, 11) is 1.69. The number of ether oxygens (including phenoxy) is 1. The lowest BCUT2D eigenvalue weighted by molar-refractivity contribution is -0.131. The van der Waals surface area contributed by atoms with Gasteiger partial charge in [0.05, 0.1) is 13.5 Å². The van der Waals surface area contributed by atoms with Gasteiger partial charge in [0.2, 0.25) is 5.91 Å². The normalized spacial score (nSPS) is 14.5. The monoisotopic (exact) mass is 401 g/mol. The Balaban J connectivity index is 1.35. The Hall–Kier alpha value is -3.21. The molecule has 1 fully saturated rings. The molecule has 1 aliphatic heterocycles. The summed E-state index contributed by atoms with van der Waals surface area (Å²) >= 11 is 0. The topological polar surface area (TPSA) is 55.3 Å². The predicted molar refractivity (Wildman–Crippen MR) is 117 cm³/mol. The highest BCUT2D eigenvalue weighted by molar-refractivity contribution is 5.78. The predicted octanol–water partition coefficient (Wildman–Crippen LogP) is 4.02. The van der Waals surface area contributed by atoms with Crippen LogP contribution in [-0.4, -0.2) is 41.0 Å². The molecule has 0 spiro atoms. The fourth-order valence-corrected chi connectivity index (χ4v) is 4.01. The van der Waals surface area contributed by atoms with Crippen molar-refractivity contribution in [2.45, 2.75) is 31.6 Å². The molecule has 3 heterocycles. The lowest BCUT2D eigenvalue weighted by atomic mass is 9.92. The van der Waals surface area contributed by atoms with Crippen molar-refractivity contribution in [1.82, 2.24) is 14.9 Å². The first-order valence-electron chi connectivity index (χ1n) is 10.5. The highest BCUT2D eigenvalue weighted by Crippen LogP contribution is 2.27. The van der Waals surface area contributed by atoms with Crippen LogP contribution in [0, 0.1) is 0 Å². The number of methoxy groups -OCH3 is 1. The molecule has 0 saturated carbocycles. The Bertz CT molecular complexity index is 982. The zero-order valence-corrected chi connectivity index (χ0v) is 17.3. The molecule has 0 radical (unpaired) electrons. The van der Waals surface area contributed by atoms with E-state index in [1.54, 1.807) is 13.3 Å². The number of amides is 1. The van der Waals surface area contributed by atoms with Crippen LogP contribution in [0.4, 0.5) is 0 Å². The molecule has 5 nitrogen and oxygen atoms in total. The Labute approximate surface area is 177 Å². The maximum absolute atomic E-state index is 12.6. The van der Waals surface area contributed by atoms with Crippen LogP contribution in [0.2, 0.25) is 0 Å². The van der Waals surface area contributed by atoms with Gasteiger partial charge in [0.1, 0.15) is 5.75 Å². The molecule has 4 rings (SSSR count). The zero-order chi connectivity index (χ0) is 20.8. The van der Waals surface area contributed by atoms with E-state index in [1.807, 2.05) is 35.2 Å². The number of benzene rings is 1. The number of nitrogens with zero attached hydrogens (tertiary/aromatic N) is 3. The number of rotatable bonds is 6. The van der Waals surface area contributed by atoms with Gasteiger partial charge in [-0.05, 0) is 54.8 Å². The summed E-state index contributed by atoms with van der Waals surface area (Å²) < 4.78 is 5.32. The van der Waals surface area contributed by atoms with Crippen molar-refractivity contribution in [2.24, 2.45) is 0 Å². The quantitative estimate of drug-likeness (QED) is 0.626. The van der Waals surface area contributed by atoms with Crippen LogP contribution in [0.25, 0.3) is 0 Å².